The molecule has 4 fully saturated rings. The Labute approximate surface area is 198 Å². The highest BCUT2D eigenvalue weighted by Crippen LogP contribution is 2.69. The number of hydrogen-bond donors (Lipinski definition) is 4. The maximum absolute atomic E-state index is 13.4. The molecule has 33 heavy (non-hydrogen) atoms. The topological polar surface area (TPSA) is 98.0 Å². The molecule has 0 heterocycles. The fourth-order valence-electron chi connectivity index (χ4n) is 9.73. The van der Waals surface area contributed by atoms with E-state index < -0.39 is 36.2 Å². The summed E-state index contributed by atoms with van der Waals surface area (Å²) in [6.45, 7) is 7.82. The van der Waals surface area contributed by atoms with Crippen molar-refractivity contribution in [2.45, 2.75) is 97.4 Å². The number of carboxylic acids is 1. The maximum atomic E-state index is 13.4. The monoisotopic (exact) mass is 468 g/mol. The van der Waals surface area contributed by atoms with Gasteiger partial charge in [-0.25, -0.2) is 0 Å². The number of aliphatic hydroxyl groups is 3. The molecule has 0 aromatic rings. The molecule has 0 aromatic heterocycles. The maximum Gasteiger partial charge on any atom is 0.309 e. The normalized spacial score (nSPS) is 51.2. The highest BCUT2D eigenvalue weighted by atomic mass is 19.1. The van der Waals surface area contributed by atoms with Crippen molar-refractivity contribution in [1.29, 1.82) is 0 Å². The van der Waals surface area contributed by atoms with Gasteiger partial charge in [-0.3, -0.25) is 9.18 Å². The van der Waals surface area contributed by atoms with Crippen LogP contribution in [-0.4, -0.2) is 51.4 Å². The molecular formula is C27H45FO5. The molecule has 4 N–H and O–H groups in total. The quantitative estimate of drug-likeness (QED) is 0.466. The Morgan fingerprint density at radius 1 is 1.06 bits per heavy atom. The van der Waals surface area contributed by atoms with E-state index in [0.717, 1.165) is 38.5 Å². The first-order valence-electron chi connectivity index (χ1n) is 13.3. The van der Waals surface area contributed by atoms with Crippen molar-refractivity contribution in [1.82, 2.24) is 0 Å². The fourth-order valence-corrected chi connectivity index (χ4v) is 9.73. The van der Waals surface area contributed by atoms with Gasteiger partial charge < -0.3 is 20.4 Å². The third kappa shape index (κ3) is 3.78. The molecule has 4 aliphatic rings. The van der Waals surface area contributed by atoms with Gasteiger partial charge in [0.1, 0.15) is 6.67 Å². The third-order valence-electron chi connectivity index (χ3n) is 11.4. The molecule has 4 aliphatic carbocycles. The Morgan fingerprint density at radius 3 is 2.36 bits per heavy atom. The molecule has 0 aromatic carbocycles. The molecule has 0 saturated heterocycles. The van der Waals surface area contributed by atoms with Crippen LogP contribution in [0.3, 0.4) is 0 Å². The van der Waals surface area contributed by atoms with Crippen molar-refractivity contribution in [3.05, 3.63) is 0 Å². The molecule has 0 amide bonds. The van der Waals surface area contributed by atoms with Crippen molar-refractivity contribution < 1.29 is 29.6 Å². The zero-order valence-electron chi connectivity index (χ0n) is 20.8. The second kappa shape index (κ2) is 9.05. The van der Waals surface area contributed by atoms with E-state index in [1.54, 1.807) is 0 Å². The van der Waals surface area contributed by atoms with Crippen LogP contribution in [0, 0.1) is 58.2 Å². The summed E-state index contributed by atoms with van der Waals surface area (Å²) in [4.78, 5) is 11.5. The third-order valence-corrected chi connectivity index (χ3v) is 11.4. The second-order valence-electron chi connectivity index (χ2n) is 12.6. The van der Waals surface area contributed by atoms with Crippen LogP contribution in [-0.2, 0) is 4.79 Å². The van der Waals surface area contributed by atoms with E-state index in [9.17, 15) is 29.6 Å². The number of carbonyl (C=O) groups is 1. The van der Waals surface area contributed by atoms with Crippen molar-refractivity contribution in [3.8, 4) is 0 Å². The van der Waals surface area contributed by atoms with Gasteiger partial charge in [0.15, 0.2) is 0 Å². The Hall–Kier alpha value is -0.720. The van der Waals surface area contributed by atoms with Gasteiger partial charge in [-0.1, -0.05) is 34.1 Å². The minimum absolute atomic E-state index is 0.00100. The molecule has 4 unspecified atom stereocenters. The van der Waals surface area contributed by atoms with Gasteiger partial charge in [-0.2, -0.15) is 0 Å². The van der Waals surface area contributed by atoms with Gasteiger partial charge >= 0.3 is 5.97 Å². The van der Waals surface area contributed by atoms with Gasteiger partial charge in [0.25, 0.3) is 0 Å². The molecule has 4 saturated carbocycles. The van der Waals surface area contributed by atoms with Gasteiger partial charge in [0.2, 0.25) is 0 Å². The molecule has 6 heteroatoms. The summed E-state index contributed by atoms with van der Waals surface area (Å²) in [7, 11) is 0. The first-order valence-corrected chi connectivity index (χ1v) is 13.3. The number of rotatable bonds is 6. The number of carboxylic acid groups (broad SMARTS) is 1. The lowest BCUT2D eigenvalue weighted by molar-refractivity contribution is -0.228. The summed E-state index contributed by atoms with van der Waals surface area (Å²) in [5, 5.41) is 43.2. The van der Waals surface area contributed by atoms with Crippen LogP contribution in [0.25, 0.3) is 0 Å². The van der Waals surface area contributed by atoms with E-state index in [4.69, 9.17) is 0 Å². The molecule has 0 spiro atoms. The predicted octanol–water partition coefficient (Wildman–Crippen LogP) is 4.28. The first kappa shape index (κ1) is 25.4. The van der Waals surface area contributed by atoms with Gasteiger partial charge in [0, 0.05) is 0 Å². The number of fused-ring (bicyclic) bond motifs is 5. The summed E-state index contributed by atoms with van der Waals surface area (Å²) in [5.41, 5.74) is -0.380. The lowest BCUT2D eigenvalue weighted by Gasteiger charge is -2.65. The summed E-state index contributed by atoms with van der Waals surface area (Å²) >= 11 is 0. The molecule has 5 nitrogen and oxygen atoms in total. The lowest BCUT2D eigenvalue weighted by atomic mass is 9.41. The van der Waals surface area contributed by atoms with E-state index in [0.29, 0.717) is 6.42 Å². The van der Waals surface area contributed by atoms with Crippen molar-refractivity contribution >= 4 is 5.97 Å². The van der Waals surface area contributed by atoms with E-state index in [2.05, 4.69) is 20.8 Å². The largest absolute Gasteiger partial charge is 0.481 e. The lowest BCUT2D eigenvalue weighted by Crippen LogP contribution is -2.65. The minimum atomic E-state index is -1.08. The summed E-state index contributed by atoms with van der Waals surface area (Å²) in [5.74, 6) is -0.991. The summed E-state index contributed by atoms with van der Waals surface area (Å²) in [6.07, 6.45) is 4.88. The Bertz CT molecular complexity index is 731. The first-order chi connectivity index (χ1) is 15.5. The Kier molecular flexibility index (Phi) is 6.96. The van der Waals surface area contributed by atoms with E-state index in [-0.39, 0.29) is 59.4 Å². The van der Waals surface area contributed by atoms with Crippen LogP contribution >= 0.6 is 0 Å². The molecule has 0 radical (unpaired) electrons. The number of hydrogen-bond acceptors (Lipinski definition) is 4. The average Bonchev–Trinajstić information content (AvgIpc) is 3.12. The molecule has 0 bridgehead atoms. The van der Waals surface area contributed by atoms with E-state index >= 15 is 0 Å². The predicted molar refractivity (Wildman–Crippen MR) is 124 cm³/mol. The zero-order chi connectivity index (χ0) is 24.3. The molecule has 0 aliphatic heterocycles. The highest BCUT2D eigenvalue weighted by Gasteiger charge is 2.67. The number of alkyl halides is 1. The van der Waals surface area contributed by atoms with Gasteiger partial charge in [-0.15, -0.1) is 0 Å². The highest BCUT2D eigenvalue weighted by molar-refractivity contribution is 5.70. The van der Waals surface area contributed by atoms with Gasteiger partial charge in [-0.05, 0) is 97.2 Å². The number of aliphatic carboxylic acids is 1. The van der Waals surface area contributed by atoms with Crippen LogP contribution in [0.5, 0.6) is 0 Å². The van der Waals surface area contributed by atoms with Crippen LogP contribution < -0.4 is 0 Å². The van der Waals surface area contributed by atoms with Crippen LogP contribution in [0.2, 0.25) is 0 Å². The molecule has 190 valence electrons. The Balaban J connectivity index is 1.65. The minimum Gasteiger partial charge on any atom is -0.481 e. The number of aliphatic hydroxyl groups excluding tert-OH is 3. The van der Waals surface area contributed by atoms with Crippen LogP contribution in [0.15, 0.2) is 0 Å². The standard InChI is InChI=1S/C27H45FO5/c1-5-17-20-11-16(29)8-9-26(20,3)21-12-22(30)27(4)18(6-7-19(27)23(21)24(17)31)14(2)10-15(13-28)25(32)33/h14-24,29-31H,5-13H2,1-4H3,(H,32,33)/t14-,15?,16-,17-,18-,19?,20+,21?,22+,23?,24-,26+,27-/m1/s1. The smallest absolute Gasteiger partial charge is 0.309 e. The molecular weight excluding hydrogens is 423 g/mol. The van der Waals surface area contributed by atoms with Crippen LogP contribution in [0.4, 0.5) is 4.39 Å². The van der Waals surface area contributed by atoms with Crippen LogP contribution in [0.1, 0.15) is 79.1 Å². The molecule has 4 rings (SSSR count). The van der Waals surface area contributed by atoms with E-state index in [1.807, 2.05) is 6.92 Å². The van der Waals surface area contributed by atoms with Gasteiger partial charge in [0.05, 0.1) is 24.2 Å². The fraction of sp³-hybridized carbons (Fsp3) is 0.963. The summed E-state index contributed by atoms with van der Waals surface area (Å²) < 4.78 is 13.4. The number of halogens is 1. The Morgan fingerprint density at radius 2 is 1.76 bits per heavy atom. The van der Waals surface area contributed by atoms with Crippen molar-refractivity contribution in [3.63, 3.8) is 0 Å². The average molecular weight is 469 g/mol. The van der Waals surface area contributed by atoms with Crippen molar-refractivity contribution in [2.75, 3.05) is 6.67 Å². The van der Waals surface area contributed by atoms with E-state index in [1.165, 1.54) is 0 Å². The summed E-state index contributed by atoms with van der Waals surface area (Å²) in [6, 6.07) is 0. The zero-order valence-corrected chi connectivity index (χ0v) is 20.8. The van der Waals surface area contributed by atoms with Crippen molar-refractivity contribution in [2.24, 2.45) is 58.2 Å². The molecule has 13 atom stereocenters. The SMILES string of the molecule is CC[C@H]1[C@@H](O)C2C3CC[C@H]([C@H](C)CC(CF)C(=O)O)[C@@]3(C)[C@@H](O)CC2[C@@]2(C)CC[C@@H](O)C[C@@H]12. The second-order valence-corrected chi connectivity index (χ2v) is 12.6.